The minimum Gasteiger partial charge on any atom is -0.494 e. The summed E-state index contributed by atoms with van der Waals surface area (Å²) in [6, 6.07) is 11.5. The van der Waals surface area contributed by atoms with Crippen LogP contribution in [0.2, 0.25) is 10.0 Å². The second kappa shape index (κ2) is 6.52. The van der Waals surface area contributed by atoms with Crippen LogP contribution in [-0.4, -0.2) is 11.0 Å². The molecule has 3 rings (SSSR count). The van der Waals surface area contributed by atoms with Crippen molar-refractivity contribution in [1.29, 1.82) is 5.26 Å². The number of pyridine rings is 1. The zero-order valence-electron chi connectivity index (χ0n) is 12.3. The molecule has 0 aliphatic carbocycles. The predicted molar refractivity (Wildman–Crippen MR) is 88.3 cm³/mol. The first-order valence-corrected chi connectivity index (χ1v) is 7.83. The standard InChI is InChI=1S/C17H11Cl2N3O2/c18-12-5-4-10(8-13(12)19)14-11(9-20)16(23)21-17(24)15(14)22-6-2-1-3-7-22/h1-8,14-15H,(H-,21,23,24)/p+1. The van der Waals surface area contributed by atoms with E-state index in [-0.39, 0.29) is 5.57 Å². The molecule has 2 heterocycles. The van der Waals surface area contributed by atoms with Crippen molar-refractivity contribution in [2.45, 2.75) is 12.0 Å². The van der Waals surface area contributed by atoms with E-state index in [1.165, 1.54) is 0 Å². The molecule has 1 aromatic carbocycles. The van der Waals surface area contributed by atoms with Gasteiger partial charge in [-0.05, 0) is 17.7 Å². The number of aliphatic hydroxyl groups is 1. The summed E-state index contributed by atoms with van der Waals surface area (Å²) in [5, 5.41) is 22.5. The first-order valence-electron chi connectivity index (χ1n) is 7.07. The summed E-state index contributed by atoms with van der Waals surface area (Å²) in [6.07, 6.45) is 3.46. The van der Waals surface area contributed by atoms with Gasteiger partial charge in [-0.2, -0.15) is 9.83 Å². The van der Waals surface area contributed by atoms with E-state index in [2.05, 4.69) is 5.32 Å². The molecule has 0 saturated carbocycles. The lowest BCUT2D eigenvalue weighted by Gasteiger charge is -2.27. The van der Waals surface area contributed by atoms with E-state index in [9.17, 15) is 15.2 Å². The maximum absolute atomic E-state index is 12.5. The van der Waals surface area contributed by atoms with E-state index < -0.39 is 23.8 Å². The Hall–Kier alpha value is -2.55. The highest BCUT2D eigenvalue weighted by atomic mass is 35.5. The number of allylic oxidation sites excluding steroid dienone is 1. The first kappa shape index (κ1) is 16.3. The lowest BCUT2D eigenvalue weighted by Crippen LogP contribution is -2.53. The second-order valence-electron chi connectivity index (χ2n) is 5.28. The number of carbonyl (C=O) groups excluding carboxylic acids is 1. The van der Waals surface area contributed by atoms with Gasteiger partial charge in [-0.25, -0.2) is 0 Å². The van der Waals surface area contributed by atoms with Gasteiger partial charge in [0.15, 0.2) is 12.4 Å². The average Bonchev–Trinajstić information content (AvgIpc) is 2.57. The monoisotopic (exact) mass is 360 g/mol. The van der Waals surface area contributed by atoms with Crippen LogP contribution in [0.3, 0.4) is 0 Å². The number of benzene rings is 1. The number of nitrogens with zero attached hydrogens (tertiary/aromatic N) is 2. The third-order valence-corrected chi connectivity index (χ3v) is 4.61. The van der Waals surface area contributed by atoms with Gasteiger partial charge in [-0.15, -0.1) is 0 Å². The van der Waals surface area contributed by atoms with Crippen LogP contribution in [0, 0.1) is 11.3 Å². The zero-order chi connectivity index (χ0) is 17.3. The van der Waals surface area contributed by atoms with Gasteiger partial charge in [0.1, 0.15) is 11.6 Å². The van der Waals surface area contributed by atoms with Crippen molar-refractivity contribution >= 4 is 29.1 Å². The van der Waals surface area contributed by atoms with Crippen LogP contribution in [0.4, 0.5) is 0 Å². The molecule has 0 saturated heterocycles. The van der Waals surface area contributed by atoms with Gasteiger partial charge in [-0.3, -0.25) is 10.1 Å². The number of hydrogen-bond donors (Lipinski definition) is 2. The molecular formula is C17H12Cl2N3O2+. The fraction of sp³-hybridized carbons (Fsp3) is 0.118. The van der Waals surface area contributed by atoms with E-state index >= 15 is 0 Å². The van der Waals surface area contributed by atoms with Gasteiger partial charge in [-0.1, -0.05) is 35.3 Å². The molecule has 2 N–H and O–H groups in total. The molecule has 0 radical (unpaired) electrons. The number of hydrogen-bond acceptors (Lipinski definition) is 3. The largest absolute Gasteiger partial charge is 0.494 e. The molecule has 1 aliphatic rings. The molecule has 0 fully saturated rings. The Morgan fingerprint density at radius 1 is 1.17 bits per heavy atom. The van der Waals surface area contributed by atoms with Crippen LogP contribution in [0.25, 0.3) is 0 Å². The lowest BCUT2D eigenvalue weighted by atomic mass is 9.82. The van der Waals surface area contributed by atoms with Crippen LogP contribution >= 0.6 is 23.2 Å². The minimum atomic E-state index is -0.742. The van der Waals surface area contributed by atoms with Crippen LogP contribution in [0.5, 0.6) is 0 Å². The highest BCUT2D eigenvalue weighted by Crippen LogP contribution is 2.38. The second-order valence-corrected chi connectivity index (χ2v) is 6.10. The Morgan fingerprint density at radius 2 is 1.88 bits per heavy atom. The quantitative estimate of drug-likeness (QED) is 0.808. The number of halogens is 2. The number of aromatic nitrogens is 1. The van der Waals surface area contributed by atoms with E-state index in [4.69, 9.17) is 23.2 Å². The Labute approximate surface area is 148 Å². The third-order valence-electron chi connectivity index (χ3n) is 3.88. The number of nitrogens with one attached hydrogen (secondary N) is 1. The SMILES string of the molecule is N#CC1=C(O)NC(=O)C([n+]2ccccc2)C1c1ccc(Cl)c(Cl)c1. The molecule has 2 atom stereocenters. The molecule has 2 aromatic rings. The lowest BCUT2D eigenvalue weighted by molar-refractivity contribution is -0.711. The average molecular weight is 361 g/mol. The first-order chi connectivity index (χ1) is 11.5. The van der Waals surface area contributed by atoms with E-state index in [1.807, 2.05) is 12.1 Å². The molecule has 2 unspecified atom stereocenters. The van der Waals surface area contributed by atoms with Crippen molar-refractivity contribution in [3.05, 3.63) is 75.9 Å². The highest BCUT2D eigenvalue weighted by molar-refractivity contribution is 6.42. The highest BCUT2D eigenvalue weighted by Gasteiger charge is 2.45. The summed E-state index contributed by atoms with van der Waals surface area (Å²) in [4.78, 5) is 12.5. The Morgan fingerprint density at radius 3 is 2.50 bits per heavy atom. The molecule has 0 spiro atoms. The third kappa shape index (κ3) is 2.82. The summed E-state index contributed by atoms with van der Waals surface area (Å²) in [5.74, 6) is -1.55. The molecule has 24 heavy (non-hydrogen) atoms. The molecular weight excluding hydrogens is 349 g/mol. The molecule has 1 aliphatic heterocycles. The Kier molecular flexibility index (Phi) is 4.43. The summed E-state index contributed by atoms with van der Waals surface area (Å²) in [7, 11) is 0. The summed E-state index contributed by atoms with van der Waals surface area (Å²) >= 11 is 12.0. The minimum absolute atomic E-state index is 0.0642. The molecule has 1 amide bonds. The van der Waals surface area contributed by atoms with Gasteiger partial charge in [0.05, 0.1) is 16.0 Å². The van der Waals surface area contributed by atoms with Crippen molar-refractivity contribution in [3.8, 4) is 6.07 Å². The van der Waals surface area contributed by atoms with E-state index in [1.54, 1.807) is 47.3 Å². The fourth-order valence-corrected chi connectivity index (χ4v) is 3.10. The number of aliphatic hydroxyl groups excluding tert-OH is 1. The van der Waals surface area contributed by atoms with Crippen LogP contribution < -0.4 is 9.88 Å². The van der Waals surface area contributed by atoms with Gasteiger partial charge in [0.25, 0.3) is 5.91 Å². The van der Waals surface area contributed by atoms with Gasteiger partial charge in [0, 0.05) is 12.1 Å². The maximum atomic E-state index is 12.5. The topological polar surface area (TPSA) is 77.0 Å². The van der Waals surface area contributed by atoms with Crippen LogP contribution in [0.1, 0.15) is 17.5 Å². The molecule has 7 heteroatoms. The normalized spacial score (nSPS) is 20.5. The van der Waals surface area contributed by atoms with Crippen molar-refractivity contribution in [1.82, 2.24) is 5.32 Å². The molecule has 1 aromatic heterocycles. The molecule has 0 bridgehead atoms. The van der Waals surface area contributed by atoms with Gasteiger partial charge in [0.2, 0.25) is 11.9 Å². The Balaban J connectivity index is 2.21. The van der Waals surface area contributed by atoms with Crippen LogP contribution in [0.15, 0.2) is 60.2 Å². The van der Waals surface area contributed by atoms with Crippen molar-refractivity contribution < 1.29 is 14.5 Å². The van der Waals surface area contributed by atoms with Crippen molar-refractivity contribution in [2.24, 2.45) is 0 Å². The predicted octanol–water partition coefficient (Wildman–Crippen LogP) is 3.03. The van der Waals surface area contributed by atoms with Crippen LogP contribution in [-0.2, 0) is 4.79 Å². The van der Waals surface area contributed by atoms with E-state index in [0.717, 1.165) is 0 Å². The fourth-order valence-electron chi connectivity index (χ4n) is 2.80. The number of carbonyl (C=O) groups is 1. The number of amides is 1. The van der Waals surface area contributed by atoms with Crippen molar-refractivity contribution in [3.63, 3.8) is 0 Å². The summed E-state index contributed by atoms with van der Waals surface area (Å²) < 4.78 is 1.69. The van der Waals surface area contributed by atoms with Gasteiger partial charge < -0.3 is 5.11 Å². The number of nitriles is 1. The smallest absolute Gasteiger partial charge is 0.296 e. The van der Waals surface area contributed by atoms with E-state index in [0.29, 0.717) is 15.6 Å². The number of rotatable bonds is 2. The van der Waals surface area contributed by atoms with Gasteiger partial charge >= 0.3 is 0 Å². The Bertz CT molecular complexity index is 875. The van der Waals surface area contributed by atoms with Crippen molar-refractivity contribution in [2.75, 3.05) is 0 Å². The summed E-state index contributed by atoms with van der Waals surface area (Å²) in [5.41, 5.74) is 0.679. The molecule has 5 nitrogen and oxygen atoms in total. The zero-order valence-corrected chi connectivity index (χ0v) is 13.8. The molecule has 120 valence electrons. The summed E-state index contributed by atoms with van der Waals surface area (Å²) in [6.45, 7) is 0. The maximum Gasteiger partial charge on any atom is 0.296 e.